The van der Waals surface area contributed by atoms with Gasteiger partial charge in [-0.05, 0) is 25.1 Å². The number of hydrogen-bond acceptors (Lipinski definition) is 2. The van der Waals surface area contributed by atoms with Gasteiger partial charge in [0, 0.05) is 12.2 Å². The van der Waals surface area contributed by atoms with Crippen molar-refractivity contribution in [1.82, 2.24) is 5.32 Å². The van der Waals surface area contributed by atoms with E-state index in [1.807, 2.05) is 0 Å². The lowest BCUT2D eigenvalue weighted by atomic mass is 10.1. The van der Waals surface area contributed by atoms with Crippen LogP contribution in [-0.4, -0.2) is 12.5 Å². The van der Waals surface area contributed by atoms with Crippen LogP contribution in [0.4, 0.5) is 10.1 Å². The van der Waals surface area contributed by atoms with Crippen molar-refractivity contribution in [2.24, 2.45) is 0 Å². The third-order valence-corrected chi connectivity index (χ3v) is 1.60. The summed E-state index contributed by atoms with van der Waals surface area (Å²) in [5.41, 5.74) is 5.96. The molecule has 0 fully saturated rings. The van der Waals surface area contributed by atoms with Crippen LogP contribution in [0.5, 0.6) is 0 Å². The van der Waals surface area contributed by atoms with Gasteiger partial charge in [-0.3, -0.25) is 4.79 Å². The van der Waals surface area contributed by atoms with Gasteiger partial charge in [0.2, 0.25) is 0 Å². The van der Waals surface area contributed by atoms with Gasteiger partial charge >= 0.3 is 0 Å². The molecule has 1 rings (SSSR count). The minimum Gasteiger partial charge on any atom is -0.398 e. The van der Waals surface area contributed by atoms with E-state index in [0.717, 1.165) is 6.07 Å². The standard InChI is InChI=1S/C9H11FN2O/c1-2-12-9(13)7-5-6(10)3-4-8(7)11/h3-5H,2,11H2,1H3,(H,12,13). The monoisotopic (exact) mass is 182 g/mol. The summed E-state index contributed by atoms with van der Waals surface area (Å²) < 4.78 is 12.7. The number of nitrogens with one attached hydrogen (secondary N) is 1. The lowest BCUT2D eigenvalue weighted by molar-refractivity contribution is 0.0956. The molecule has 0 saturated heterocycles. The molecule has 0 bridgehead atoms. The van der Waals surface area contributed by atoms with Gasteiger partial charge in [-0.15, -0.1) is 0 Å². The first kappa shape index (κ1) is 9.51. The van der Waals surface area contributed by atoms with Crippen molar-refractivity contribution < 1.29 is 9.18 Å². The Morgan fingerprint density at radius 1 is 1.62 bits per heavy atom. The molecule has 0 aromatic heterocycles. The number of nitrogen functional groups attached to an aromatic ring is 1. The zero-order valence-corrected chi connectivity index (χ0v) is 7.30. The van der Waals surface area contributed by atoms with E-state index in [2.05, 4.69) is 5.32 Å². The summed E-state index contributed by atoms with van der Waals surface area (Å²) in [6.07, 6.45) is 0. The van der Waals surface area contributed by atoms with Crippen LogP contribution < -0.4 is 11.1 Å². The first-order valence-electron chi connectivity index (χ1n) is 3.98. The zero-order chi connectivity index (χ0) is 9.84. The maximum atomic E-state index is 12.7. The van der Waals surface area contributed by atoms with Crippen molar-refractivity contribution in [2.75, 3.05) is 12.3 Å². The van der Waals surface area contributed by atoms with E-state index in [1.54, 1.807) is 6.92 Å². The van der Waals surface area contributed by atoms with Crippen molar-refractivity contribution >= 4 is 11.6 Å². The Hall–Kier alpha value is -1.58. The van der Waals surface area contributed by atoms with E-state index < -0.39 is 5.82 Å². The first-order valence-corrected chi connectivity index (χ1v) is 3.98. The van der Waals surface area contributed by atoms with Crippen LogP contribution in [0.15, 0.2) is 18.2 Å². The normalized spacial score (nSPS) is 9.69. The van der Waals surface area contributed by atoms with Crippen molar-refractivity contribution in [3.63, 3.8) is 0 Å². The number of benzene rings is 1. The third-order valence-electron chi connectivity index (χ3n) is 1.60. The van der Waals surface area contributed by atoms with E-state index in [9.17, 15) is 9.18 Å². The molecule has 1 amide bonds. The maximum Gasteiger partial charge on any atom is 0.253 e. The second kappa shape index (κ2) is 3.89. The van der Waals surface area contributed by atoms with Gasteiger partial charge in [-0.1, -0.05) is 0 Å². The van der Waals surface area contributed by atoms with E-state index in [1.165, 1.54) is 12.1 Å². The van der Waals surface area contributed by atoms with Gasteiger partial charge in [0.25, 0.3) is 5.91 Å². The van der Waals surface area contributed by atoms with Crippen LogP contribution in [-0.2, 0) is 0 Å². The molecule has 1 aromatic carbocycles. The molecular weight excluding hydrogens is 171 g/mol. The fourth-order valence-electron chi connectivity index (χ4n) is 0.981. The summed E-state index contributed by atoms with van der Waals surface area (Å²) in [5.74, 6) is -0.810. The van der Waals surface area contributed by atoms with Gasteiger partial charge in [0.15, 0.2) is 0 Å². The van der Waals surface area contributed by atoms with E-state index in [0.29, 0.717) is 6.54 Å². The summed E-state index contributed by atoms with van der Waals surface area (Å²) in [5, 5.41) is 2.54. The summed E-state index contributed by atoms with van der Waals surface area (Å²) in [6, 6.07) is 3.72. The molecule has 0 spiro atoms. The fraction of sp³-hybridized carbons (Fsp3) is 0.222. The molecular formula is C9H11FN2O. The zero-order valence-electron chi connectivity index (χ0n) is 7.30. The quantitative estimate of drug-likeness (QED) is 0.674. The van der Waals surface area contributed by atoms with Crippen molar-refractivity contribution in [2.45, 2.75) is 6.92 Å². The molecule has 0 atom stereocenters. The number of nitrogens with two attached hydrogens (primary N) is 1. The maximum absolute atomic E-state index is 12.7. The van der Waals surface area contributed by atoms with Crippen LogP contribution in [0, 0.1) is 5.82 Å². The molecule has 0 radical (unpaired) electrons. The Labute approximate surface area is 75.7 Å². The molecule has 0 unspecified atom stereocenters. The van der Waals surface area contributed by atoms with E-state index >= 15 is 0 Å². The number of anilines is 1. The summed E-state index contributed by atoms with van der Waals surface area (Å²) in [7, 11) is 0. The highest BCUT2D eigenvalue weighted by Gasteiger charge is 2.08. The van der Waals surface area contributed by atoms with Gasteiger partial charge in [0.1, 0.15) is 5.82 Å². The molecule has 0 heterocycles. The molecule has 70 valence electrons. The van der Waals surface area contributed by atoms with Gasteiger partial charge < -0.3 is 11.1 Å². The minimum atomic E-state index is -0.463. The Bertz CT molecular complexity index is 325. The second-order valence-electron chi connectivity index (χ2n) is 2.59. The van der Waals surface area contributed by atoms with E-state index in [4.69, 9.17) is 5.73 Å². The lowest BCUT2D eigenvalue weighted by Crippen LogP contribution is -2.23. The predicted molar refractivity (Wildman–Crippen MR) is 48.8 cm³/mol. The van der Waals surface area contributed by atoms with Gasteiger partial charge in [-0.25, -0.2) is 4.39 Å². The summed E-state index contributed by atoms with van der Waals surface area (Å²) >= 11 is 0. The van der Waals surface area contributed by atoms with Crippen molar-refractivity contribution in [3.8, 4) is 0 Å². The van der Waals surface area contributed by atoms with Crippen LogP contribution in [0.1, 0.15) is 17.3 Å². The molecule has 3 N–H and O–H groups in total. The summed E-state index contributed by atoms with van der Waals surface area (Å²) in [4.78, 5) is 11.3. The highest BCUT2D eigenvalue weighted by molar-refractivity contribution is 5.99. The SMILES string of the molecule is CCNC(=O)c1cc(F)ccc1N. The number of carbonyl (C=O) groups is 1. The molecule has 3 nitrogen and oxygen atoms in total. The average Bonchev–Trinajstić information content (AvgIpc) is 2.09. The van der Waals surface area contributed by atoms with Gasteiger partial charge in [0.05, 0.1) is 5.56 Å². The molecule has 0 saturated carbocycles. The number of hydrogen-bond donors (Lipinski definition) is 2. The van der Waals surface area contributed by atoms with Crippen molar-refractivity contribution in [1.29, 1.82) is 0 Å². The Kier molecular flexibility index (Phi) is 2.84. The molecule has 4 heteroatoms. The fourth-order valence-corrected chi connectivity index (χ4v) is 0.981. The van der Waals surface area contributed by atoms with Crippen LogP contribution in [0.3, 0.4) is 0 Å². The highest BCUT2D eigenvalue weighted by atomic mass is 19.1. The third kappa shape index (κ3) is 2.18. The highest BCUT2D eigenvalue weighted by Crippen LogP contribution is 2.12. The van der Waals surface area contributed by atoms with Crippen LogP contribution in [0.2, 0.25) is 0 Å². The van der Waals surface area contributed by atoms with Crippen LogP contribution >= 0.6 is 0 Å². The summed E-state index contributed by atoms with van der Waals surface area (Å²) in [6.45, 7) is 2.28. The number of carbonyl (C=O) groups excluding carboxylic acids is 1. The first-order chi connectivity index (χ1) is 6.15. The smallest absolute Gasteiger partial charge is 0.253 e. The topological polar surface area (TPSA) is 55.1 Å². The molecule has 0 aliphatic carbocycles. The Balaban J connectivity index is 2.99. The van der Waals surface area contributed by atoms with Crippen molar-refractivity contribution in [3.05, 3.63) is 29.6 Å². The number of rotatable bonds is 2. The van der Waals surface area contributed by atoms with E-state index in [-0.39, 0.29) is 17.2 Å². The Morgan fingerprint density at radius 3 is 2.92 bits per heavy atom. The molecule has 0 aliphatic rings. The largest absolute Gasteiger partial charge is 0.398 e. The Morgan fingerprint density at radius 2 is 2.31 bits per heavy atom. The minimum absolute atomic E-state index is 0.182. The lowest BCUT2D eigenvalue weighted by Gasteiger charge is -2.04. The molecule has 1 aromatic rings. The van der Waals surface area contributed by atoms with Crippen LogP contribution in [0.25, 0.3) is 0 Å². The number of amides is 1. The molecule has 0 aliphatic heterocycles. The average molecular weight is 182 g/mol. The predicted octanol–water partition coefficient (Wildman–Crippen LogP) is 1.16. The van der Waals surface area contributed by atoms with Gasteiger partial charge in [-0.2, -0.15) is 0 Å². The second-order valence-corrected chi connectivity index (χ2v) is 2.59. The molecule has 13 heavy (non-hydrogen) atoms. The number of halogens is 1.